The van der Waals surface area contributed by atoms with Gasteiger partial charge in [0.2, 0.25) is 5.91 Å². The van der Waals surface area contributed by atoms with Crippen molar-refractivity contribution < 1.29 is 64.6 Å². The molecule has 2 fully saturated rings. The zero-order valence-electron chi connectivity index (χ0n) is 64.5. The Labute approximate surface area is 626 Å². The number of hydrogen-bond acceptors (Lipinski definition) is 13. The summed E-state index contributed by atoms with van der Waals surface area (Å²) in [6, 6.07) is -0.943. The largest absolute Gasteiger partial charge is 0.394 e. The van der Waals surface area contributed by atoms with E-state index in [-0.39, 0.29) is 18.9 Å². The van der Waals surface area contributed by atoms with Crippen LogP contribution in [-0.4, -0.2) is 140 Å². The number of unbranched alkanes of at least 4 members (excludes halogenated alkanes) is 30. The van der Waals surface area contributed by atoms with Crippen molar-refractivity contribution in [3.05, 3.63) is 158 Å². The van der Waals surface area contributed by atoms with E-state index in [0.717, 1.165) is 122 Å². The maximum absolute atomic E-state index is 13.4. The molecule has 0 radical (unpaired) electrons. The van der Waals surface area contributed by atoms with Crippen LogP contribution in [0.15, 0.2) is 158 Å². The van der Waals surface area contributed by atoms with Crippen LogP contribution in [0.2, 0.25) is 0 Å². The number of nitrogens with one attached hydrogen (secondary N) is 1. The summed E-state index contributed by atoms with van der Waals surface area (Å²) < 4.78 is 22.9. The molecule has 14 nitrogen and oxygen atoms in total. The number of amides is 1. The lowest BCUT2D eigenvalue weighted by Crippen LogP contribution is -2.65. The Bertz CT molecular complexity index is 2350. The maximum atomic E-state index is 13.4. The number of carbonyl (C=O) groups is 1. The molecule has 1 amide bonds. The highest BCUT2D eigenvalue weighted by atomic mass is 16.7. The molecule has 0 aromatic heterocycles. The quantitative estimate of drug-likeness (QED) is 0.0204. The summed E-state index contributed by atoms with van der Waals surface area (Å²) in [5.41, 5.74) is 0. The fourth-order valence-corrected chi connectivity index (χ4v) is 12.5. The molecule has 12 atom stereocenters. The summed E-state index contributed by atoms with van der Waals surface area (Å²) in [7, 11) is 0. The molecule has 2 aliphatic rings. The van der Waals surface area contributed by atoms with Crippen LogP contribution in [0.4, 0.5) is 0 Å². The van der Waals surface area contributed by atoms with E-state index in [1.165, 1.54) is 154 Å². The first-order chi connectivity index (χ1) is 50.6. The monoisotopic (exact) mass is 1440 g/mol. The van der Waals surface area contributed by atoms with Crippen LogP contribution in [0.25, 0.3) is 0 Å². The lowest BCUT2D eigenvalue weighted by atomic mass is 9.97. The average Bonchev–Trinajstić information content (AvgIpc) is 0.791. The van der Waals surface area contributed by atoms with Gasteiger partial charge in [-0.2, -0.15) is 0 Å². The SMILES string of the molecule is CC/C=C\C/C=C\C/C=C\C/C=C\C/C=C\C/C=C\C/C=C\C/C=C\C/C=C\C/C=C\C/C=C\C/C=C\CCCCCCC(=O)NC(COC1OC(CO)C(OC2OC(CO)C(O)C(O)C2O)C(O)C1O)C(O)/C=C/CCCCCCCCCCCCCCCCCCCCCCCCCCCC. The molecular weight excluding hydrogens is 1290 g/mol. The van der Waals surface area contributed by atoms with Gasteiger partial charge >= 0.3 is 0 Å². The fraction of sp³-hybridized carbons (Fsp3) is 0.697. The highest BCUT2D eigenvalue weighted by Gasteiger charge is 2.51. The van der Waals surface area contributed by atoms with Crippen molar-refractivity contribution in [3.63, 3.8) is 0 Å². The number of aliphatic hydroxyl groups excluding tert-OH is 8. The topological polar surface area (TPSA) is 228 Å². The Morgan fingerprint density at radius 2 is 0.670 bits per heavy atom. The van der Waals surface area contributed by atoms with E-state index >= 15 is 0 Å². The van der Waals surface area contributed by atoms with Gasteiger partial charge in [0.1, 0.15) is 48.8 Å². The van der Waals surface area contributed by atoms with Crippen LogP contribution in [0.5, 0.6) is 0 Å². The van der Waals surface area contributed by atoms with Crippen molar-refractivity contribution in [1.82, 2.24) is 5.32 Å². The summed E-state index contributed by atoms with van der Waals surface area (Å²) in [6.45, 7) is 2.69. The molecule has 2 heterocycles. The van der Waals surface area contributed by atoms with Crippen molar-refractivity contribution in [1.29, 1.82) is 0 Å². The van der Waals surface area contributed by atoms with Gasteiger partial charge in [-0.05, 0) is 109 Å². The van der Waals surface area contributed by atoms with Gasteiger partial charge in [-0.3, -0.25) is 4.79 Å². The second kappa shape index (κ2) is 70.6. The Balaban J connectivity index is 1.65. The molecule has 9 N–H and O–H groups in total. The number of aliphatic hydroxyl groups is 8. The van der Waals surface area contributed by atoms with E-state index in [4.69, 9.17) is 18.9 Å². The molecule has 12 unspecified atom stereocenters. The van der Waals surface area contributed by atoms with E-state index < -0.39 is 86.8 Å². The van der Waals surface area contributed by atoms with E-state index in [9.17, 15) is 45.6 Å². The molecule has 103 heavy (non-hydrogen) atoms. The van der Waals surface area contributed by atoms with Crippen molar-refractivity contribution in [2.75, 3.05) is 19.8 Å². The lowest BCUT2D eigenvalue weighted by Gasteiger charge is -2.46. The number of hydrogen-bond donors (Lipinski definition) is 9. The van der Waals surface area contributed by atoms with Crippen LogP contribution in [0, 0.1) is 0 Å². The molecule has 0 spiro atoms. The van der Waals surface area contributed by atoms with Crippen molar-refractivity contribution >= 4 is 5.91 Å². The smallest absolute Gasteiger partial charge is 0.220 e. The molecule has 2 rings (SSSR count). The number of allylic oxidation sites excluding steroid dienone is 25. The predicted octanol–water partition coefficient (Wildman–Crippen LogP) is 19.3. The minimum Gasteiger partial charge on any atom is -0.394 e. The third kappa shape index (κ3) is 53.1. The minimum atomic E-state index is -1.80. The molecule has 2 aliphatic heterocycles. The molecule has 0 saturated carbocycles. The van der Waals surface area contributed by atoms with Crippen LogP contribution in [0.1, 0.15) is 303 Å². The summed E-state index contributed by atoms with van der Waals surface area (Å²) in [5.74, 6) is -0.267. The third-order valence-electron chi connectivity index (χ3n) is 19.0. The molecule has 2 saturated heterocycles. The molecule has 0 aromatic rings. The van der Waals surface area contributed by atoms with Gasteiger partial charge in [0.15, 0.2) is 12.6 Å². The van der Waals surface area contributed by atoms with Gasteiger partial charge in [0.05, 0.1) is 32.0 Å². The zero-order chi connectivity index (χ0) is 74.4. The molecule has 0 bridgehead atoms. The summed E-state index contributed by atoms with van der Waals surface area (Å²) >= 11 is 0. The number of ether oxygens (including phenoxy) is 4. The first-order valence-electron chi connectivity index (χ1n) is 41.2. The van der Waals surface area contributed by atoms with E-state index in [0.29, 0.717) is 6.42 Å². The van der Waals surface area contributed by atoms with Gasteiger partial charge in [0, 0.05) is 6.42 Å². The minimum absolute atomic E-state index is 0.242. The van der Waals surface area contributed by atoms with Crippen molar-refractivity contribution in [2.45, 2.75) is 376 Å². The van der Waals surface area contributed by atoms with Gasteiger partial charge in [-0.15, -0.1) is 0 Å². The Morgan fingerprint density at radius 3 is 1.03 bits per heavy atom. The zero-order valence-corrected chi connectivity index (χ0v) is 64.5. The molecule has 14 heteroatoms. The van der Waals surface area contributed by atoms with E-state index in [1.807, 2.05) is 6.08 Å². The number of carbonyl (C=O) groups excluding carboxylic acids is 1. The Kier molecular flexibility index (Phi) is 64.9. The van der Waals surface area contributed by atoms with Crippen molar-refractivity contribution in [2.24, 2.45) is 0 Å². The van der Waals surface area contributed by atoms with Crippen LogP contribution < -0.4 is 5.32 Å². The highest BCUT2D eigenvalue weighted by Crippen LogP contribution is 2.30. The summed E-state index contributed by atoms with van der Waals surface area (Å²) in [6.07, 6.45) is 91.7. The standard InChI is InChI=1S/C89H149NO13/c1-3-5-7-9-11-13-15-17-19-21-23-25-27-29-31-33-34-35-36-37-38-39-40-41-42-43-44-45-47-49-51-53-55-57-59-61-63-65-67-69-71-73-81(94)90-77(76-100-88-86(99)84(97)87(80(75-92)102-88)103-89-85(98)83(96)82(95)79(74-91)101-89)78(93)72-70-68-66-64-62-60-58-56-54-52-50-48-46-32-30-28-26-24-22-20-18-16-14-12-10-8-6-4-2/h5,7,11,13,17,19,23,25,29,31,34-35,37-38,40-41,43-44,47,49,53,55,59,61,70,72,77-80,82-89,91-93,95-99H,3-4,6,8-10,12,14-16,18,20-22,24,26-28,30,32-33,36,39,42,45-46,48,50-52,54,56-58,60,62-69,71,73-76H2,1-2H3,(H,90,94)/b7-5-,13-11-,19-17-,25-23-,31-29-,35-34-,38-37-,41-40-,44-43-,49-47-,55-53-,61-59-,72-70+. The van der Waals surface area contributed by atoms with Crippen LogP contribution >= 0.6 is 0 Å². The summed E-state index contributed by atoms with van der Waals surface area (Å²) in [5, 5.41) is 87.7. The van der Waals surface area contributed by atoms with Crippen LogP contribution in [0.3, 0.4) is 0 Å². The average molecular weight is 1440 g/mol. The van der Waals surface area contributed by atoms with Gasteiger partial charge in [-0.25, -0.2) is 0 Å². The van der Waals surface area contributed by atoms with E-state index in [2.05, 4.69) is 165 Å². The molecule has 588 valence electrons. The normalized spacial score (nSPS) is 22.4. The second-order valence-electron chi connectivity index (χ2n) is 28.2. The number of rotatable bonds is 67. The van der Waals surface area contributed by atoms with Gasteiger partial charge in [-0.1, -0.05) is 345 Å². The molecule has 0 aromatic carbocycles. The second-order valence-corrected chi connectivity index (χ2v) is 28.2. The highest BCUT2D eigenvalue weighted by molar-refractivity contribution is 5.76. The summed E-state index contributed by atoms with van der Waals surface area (Å²) in [4.78, 5) is 13.4. The van der Waals surface area contributed by atoms with Gasteiger partial charge < -0.3 is 65.1 Å². The van der Waals surface area contributed by atoms with Crippen LogP contribution in [-0.2, 0) is 23.7 Å². The maximum Gasteiger partial charge on any atom is 0.220 e. The predicted molar refractivity (Wildman–Crippen MR) is 428 cm³/mol. The third-order valence-corrected chi connectivity index (χ3v) is 19.0. The first-order valence-corrected chi connectivity index (χ1v) is 41.2. The Morgan fingerprint density at radius 1 is 0.359 bits per heavy atom. The fourth-order valence-electron chi connectivity index (χ4n) is 12.5. The van der Waals surface area contributed by atoms with Crippen molar-refractivity contribution in [3.8, 4) is 0 Å². The Hall–Kier alpha value is -4.39. The molecule has 0 aliphatic carbocycles. The van der Waals surface area contributed by atoms with E-state index in [1.54, 1.807) is 6.08 Å². The molecular formula is C89H149NO13. The first kappa shape index (κ1) is 94.7. The lowest BCUT2D eigenvalue weighted by molar-refractivity contribution is -0.359. The van der Waals surface area contributed by atoms with Gasteiger partial charge in [0.25, 0.3) is 0 Å².